The van der Waals surface area contributed by atoms with Crippen LogP contribution in [-0.4, -0.2) is 63.4 Å². The largest absolute Gasteiger partial charge is 0.508 e. The third-order valence-corrected chi connectivity index (χ3v) is 6.29. The molecular formula is C27H35N5O5. The maximum Gasteiger partial charge on any atom is 0.249 e. The number of aliphatic hydroxyl groups is 1. The molecule has 1 fully saturated rings. The Balaban J connectivity index is 1.67. The van der Waals surface area contributed by atoms with E-state index in [1.807, 2.05) is 13.8 Å². The minimum Gasteiger partial charge on any atom is -0.508 e. The Bertz CT molecular complexity index is 1120. The molecule has 0 unspecified atom stereocenters. The highest BCUT2D eigenvalue weighted by molar-refractivity contribution is 6.00. The molecule has 0 radical (unpaired) electrons. The molecule has 3 atom stereocenters. The number of carbonyl (C=O) groups excluding carboxylic acids is 3. The molecule has 0 saturated carbocycles. The average Bonchev–Trinajstić information content (AvgIpc) is 3.34. The van der Waals surface area contributed by atoms with Gasteiger partial charge in [0.25, 0.3) is 0 Å². The van der Waals surface area contributed by atoms with Crippen molar-refractivity contribution in [1.82, 2.24) is 10.2 Å². The lowest BCUT2D eigenvalue weighted by molar-refractivity contribution is -0.142. The third-order valence-electron chi connectivity index (χ3n) is 6.29. The van der Waals surface area contributed by atoms with Gasteiger partial charge < -0.3 is 31.5 Å². The number of nitrogen functional groups attached to an aromatic ring is 1. The Morgan fingerprint density at radius 3 is 2.35 bits per heavy atom. The first kappa shape index (κ1) is 27.7. The SMILES string of the molecule is CC(C)C[C@@H](NC(=O)[C@H](O)Cc1ccc(O)cc1)C(=O)N1CCC[C@H]1C(=O)Nc1ccc(C(=N)N)cc1. The highest BCUT2D eigenvalue weighted by Gasteiger charge is 2.38. The quantitative estimate of drug-likeness (QED) is 0.211. The van der Waals surface area contributed by atoms with Crippen LogP contribution in [0.4, 0.5) is 5.69 Å². The van der Waals surface area contributed by atoms with Crippen LogP contribution in [-0.2, 0) is 20.8 Å². The lowest BCUT2D eigenvalue weighted by Gasteiger charge is -2.30. The Hall–Kier alpha value is -3.92. The summed E-state index contributed by atoms with van der Waals surface area (Å²) in [7, 11) is 0. The number of likely N-dealkylation sites (tertiary alicyclic amines) is 1. The maximum atomic E-state index is 13.5. The number of nitrogens with one attached hydrogen (secondary N) is 3. The standard InChI is InChI=1S/C27H35N5O5/c1-16(2)14-21(31-26(36)23(34)15-17-5-11-20(33)12-6-17)27(37)32-13-3-4-22(32)25(35)30-19-9-7-18(8-10-19)24(28)29/h5-12,16,21-23,33-34H,3-4,13-15H2,1-2H3,(H3,28,29)(H,30,35)(H,31,36)/t21-,22+,23-/m1/s1. The summed E-state index contributed by atoms with van der Waals surface area (Å²) in [6.07, 6.45) is 0.163. The van der Waals surface area contributed by atoms with Crippen LogP contribution in [0.1, 0.15) is 44.2 Å². The first-order chi connectivity index (χ1) is 17.5. The van der Waals surface area contributed by atoms with Crippen molar-refractivity contribution in [2.45, 2.75) is 57.7 Å². The van der Waals surface area contributed by atoms with Gasteiger partial charge in [-0.15, -0.1) is 0 Å². The fourth-order valence-corrected chi connectivity index (χ4v) is 4.37. The number of aromatic hydroxyl groups is 1. The highest BCUT2D eigenvalue weighted by Crippen LogP contribution is 2.22. The summed E-state index contributed by atoms with van der Waals surface area (Å²) in [5, 5.41) is 32.8. The molecule has 1 saturated heterocycles. The fraction of sp³-hybridized carbons (Fsp3) is 0.407. The van der Waals surface area contributed by atoms with Gasteiger partial charge in [0, 0.05) is 24.2 Å². The van der Waals surface area contributed by atoms with Gasteiger partial charge in [0.15, 0.2) is 0 Å². The number of carbonyl (C=O) groups is 3. The summed E-state index contributed by atoms with van der Waals surface area (Å²) < 4.78 is 0. The van der Waals surface area contributed by atoms with E-state index in [0.29, 0.717) is 42.6 Å². The molecule has 0 spiro atoms. The highest BCUT2D eigenvalue weighted by atomic mass is 16.3. The lowest BCUT2D eigenvalue weighted by Crippen LogP contribution is -2.54. The second-order valence-corrected chi connectivity index (χ2v) is 9.75. The number of hydrogen-bond acceptors (Lipinski definition) is 6. The molecule has 3 rings (SSSR count). The normalized spacial score (nSPS) is 16.8. The van der Waals surface area contributed by atoms with E-state index in [1.165, 1.54) is 17.0 Å². The van der Waals surface area contributed by atoms with Crippen LogP contribution in [0.2, 0.25) is 0 Å². The monoisotopic (exact) mass is 509 g/mol. The lowest BCUT2D eigenvalue weighted by atomic mass is 10.0. The number of anilines is 1. The zero-order chi connectivity index (χ0) is 27.1. The minimum absolute atomic E-state index is 0.0336. The van der Waals surface area contributed by atoms with Crippen LogP contribution in [0, 0.1) is 11.3 Å². The summed E-state index contributed by atoms with van der Waals surface area (Å²) in [6.45, 7) is 4.25. The number of phenols is 1. The van der Waals surface area contributed by atoms with Crippen LogP contribution in [0.3, 0.4) is 0 Å². The molecule has 198 valence electrons. The number of amides is 3. The predicted octanol–water partition coefficient (Wildman–Crippen LogP) is 1.74. The van der Waals surface area contributed by atoms with Crippen molar-refractivity contribution < 1.29 is 24.6 Å². The van der Waals surface area contributed by atoms with Crippen LogP contribution in [0.15, 0.2) is 48.5 Å². The molecule has 3 amide bonds. The van der Waals surface area contributed by atoms with E-state index < -0.39 is 24.1 Å². The summed E-state index contributed by atoms with van der Waals surface area (Å²) in [4.78, 5) is 40.8. The van der Waals surface area contributed by atoms with Gasteiger partial charge in [-0.2, -0.15) is 0 Å². The van der Waals surface area contributed by atoms with E-state index in [9.17, 15) is 24.6 Å². The Labute approximate surface area is 216 Å². The van der Waals surface area contributed by atoms with Crippen LogP contribution < -0.4 is 16.4 Å². The van der Waals surface area contributed by atoms with E-state index >= 15 is 0 Å². The molecule has 10 nitrogen and oxygen atoms in total. The minimum atomic E-state index is -1.37. The third kappa shape index (κ3) is 7.53. The van der Waals surface area contributed by atoms with E-state index in [1.54, 1.807) is 36.4 Å². The van der Waals surface area contributed by atoms with Crippen molar-refractivity contribution in [3.8, 4) is 5.75 Å². The predicted molar refractivity (Wildman–Crippen MR) is 140 cm³/mol. The van der Waals surface area contributed by atoms with E-state index in [0.717, 1.165) is 0 Å². The number of hydrogen-bond donors (Lipinski definition) is 6. The van der Waals surface area contributed by atoms with Crippen molar-refractivity contribution in [1.29, 1.82) is 5.41 Å². The summed E-state index contributed by atoms with van der Waals surface area (Å²) in [6, 6.07) is 11.2. The van der Waals surface area contributed by atoms with Crippen molar-refractivity contribution in [2.75, 3.05) is 11.9 Å². The van der Waals surface area contributed by atoms with Crippen LogP contribution in [0.25, 0.3) is 0 Å². The number of nitrogens with two attached hydrogens (primary N) is 1. The van der Waals surface area contributed by atoms with Crippen molar-refractivity contribution >= 4 is 29.2 Å². The molecule has 0 aliphatic carbocycles. The zero-order valence-electron chi connectivity index (χ0n) is 21.1. The molecule has 0 bridgehead atoms. The first-order valence-corrected chi connectivity index (χ1v) is 12.4. The van der Waals surface area contributed by atoms with Crippen LogP contribution >= 0.6 is 0 Å². The van der Waals surface area contributed by atoms with E-state index in [4.69, 9.17) is 11.1 Å². The number of rotatable bonds is 10. The second-order valence-electron chi connectivity index (χ2n) is 9.75. The molecule has 2 aromatic rings. The summed E-state index contributed by atoms with van der Waals surface area (Å²) >= 11 is 0. The first-order valence-electron chi connectivity index (χ1n) is 12.4. The molecule has 1 aliphatic rings. The van der Waals surface area contributed by atoms with Crippen molar-refractivity contribution in [2.24, 2.45) is 11.7 Å². The molecular weight excluding hydrogens is 474 g/mol. The van der Waals surface area contributed by atoms with Gasteiger partial charge in [-0.05, 0) is 67.1 Å². The Kier molecular flexibility index (Phi) is 9.24. The fourth-order valence-electron chi connectivity index (χ4n) is 4.37. The van der Waals surface area contributed by atoms with Gasteiger partial charge in [0.1, 0.15) is 29.8 Å². The van der Waals surface area contributed by atoms with Gasteiger partial charge in [-0.25, -0.2) is 0 Å². The average molecular weight is 510 g/mol. The Morgan fingerprint density at radius 1 is 1.11 bits per heavy atom. The number of amidine groups is 1. The number of aliphatic hydroxyl groups excluding tert-OH is 1. The molecule has 0 aromatic heterocycles. The van der Waals surface area contributed by atoms with Gasteiger partial charge in [-0.1, -0.05) is 26.0 Å². The second kappa shape index (κ2) is 12.4. The Morgan fingerprint density at radius 2 is 1.76 bits per heavy atom. The summed E-state index contributed by atoms with van der Waals surface area (Å²) in [5.41, 5.74) is 7.20. The van der Waals surface area contributed by atoms with Gasteiger partial charge in [-0.3, -0.25) is 19.8 Å². The van der Waals surface area contributed by atoms with Crippen molar-refractivity contribution in [3.05, 3.63) is 59.7 Å². The number of nitrogens with zero attached hydrogens (tertiary/aromatic N) is 1. The van der Waals surface area contributed by atoms with Crippen molar-refractivity contribution in [3.63, 3.8) is 0 Å². The van der Waals surface area contributed by atoms with Crippen LogP contribution in [0.5, 0.6) is 5.75 Å². The number of phenolic OH excluding ortho intramolecular Hbond substituents is 1. The number of benzene rings is 2. The smallest absolute Gasteiger partial charge is 0.249 e. The summed E-state index contributed by atoms with van der Waals surface area (Å²) in [5.74, 6) is -1.26. The molecule has 1 aliphatic heterocycles. The van der Waals surface area contributed by atoms with Gasteiger partial charge >= 0.3 is 0 Å². The van der Waals surface area contributed by atoms with E-state index in [-0.39, 0.29) is 35.7 Å². The zero-order valence-corrected chi connectivity index (χ0v) is 21.1. The van der Waals surface area contributed by atoms with Gasteiger partial charge in [0.2, 0.25) is 17.7 Å². The molecule has 1 heterocycles. The topological polar surface area (TPSA) is 169 Å². The maximum absolute atomic E-state index is 13.5. The molecule has 37 heavy (non-hydrogen) atoms. The molecule has 10 heteroatoms. The molecule has 7 N–H and O–H groups in total. The molecule has 2 aromatic carbocycles. The van der Waals surface area contributed by atoms with Gasteiger partial charge in [0.05, 0.1) is 0 Å². The van der Waals surface area contributed by atoms with E-state index in [2.05, 4.69) is 10.6 Å².